The number of methoxy groups -OCH3 is 1. The Balaban J connectivity index is 3.17. The van der Waals surface area contributed by atoms with Crippen molar-refractivity contribution in [1.29, 1.82) is 0 Å². The first-order valence-corrected chi connectivity index (χ1v) is 4.64. The van der Waals surface area contributed by atoms with E-state index in [1.165, 1.54) is 0 Å². The Bertz CT molecular complexity index is 323. The molecular weight excluding hydrogens is 178 g/mol. The average molecular weight is 195 g/mol. The summed E-state index contributed by atoms with van der Waals surface area (Å²) in [5, 5.41) is 9.63. The van der Waals surface area contributed by atoms with Crippen molar-refractivity contribution in [2.45, 2.75) is 20.0 Å². The summed E-state index contributed by atoms with van der Waals surface area (Å²) in [6.07, 6.45) is -0.584. The number of hydrogen-bond acceptors (Lipinski definition) is 3. The van der Waals surface area contributed by atoms with E-state index < -0.39 is 6.10 Å². The van der Waals surface area contributed by atoms with Gasteiger partial charge in [-0.3, -0.25) is 0 Å². The lowest BCUT2D eigenvalue weighted by molar-refractivity contribution is 0.186. The highest BCUT2D eigenvalue weighted by Gasteiger charge is 2.12. The zero-order chi connectivity index (χ0) is 10.7. The molecular formula is C11H17NO2. The molecule has 1 rings (SSSR count). The number of rotatable bonds is 3. The van der Waals surface area contributed by atoms with Gasteiger partial charge in [-0.15, -0.1) is 0 Å². The predicted molar refractivity (Wildman–Crippen MR) is 56.5 cm³/mol. The van der Waals surface area contributed by atoms with Gasteiger partial charge in [0.2, 0.25) is 0 Å². The minimum atomic E-state index is -0.584. The monoisotopic (exact) mass is 195 g/mol. The minimum Gasteiger partial charge on any atom is -0.496 e. The molecule has 0 heterocycles. The second kappa shape index (κ2) is 4.44. The molecule has 0 aliphatic rings. The standard InChI is InChI=1S/C11H17NO2/c1-7-8(2)11(14-3)5-4-9(7)10(13)6-12/h4-5,10,13H,6,12H2,1-3H3. The molecule has 1 atom stereocenters. The summed E-state index contributed by atoms with van der Waals surface area (Å²) in [6.45, 7) is 4.18. The molecule has 1 aromatic carbocycles. The van der Waals surface area contributed by atoms with Gasteiger partial charge in [0, 0.05) is 6.54 Å². The van der Waals surface area contributed by atoms with E-state index in [-0.39, 0.29) is 6.54 Å². The summed E-state index contributed by atoms with van der Waals surface area (Å²) in [5.74, 6) is 0.843. The van der Waals surface area contributed by atoms with Crippen LogP contribution in [0.1, 0.15) is 22.8 Å². The van der Waals surface area contributed by atoms with Gasteiger partial charge in [-0.1, -0.05) is 6.07 Å². The van der Waals surface area contributed by atoms with Gasteiger partial charge in [0.1, 0.15) is 5.75 Å². The fraction of sp³-hybridized carbons (Fsp3) is 0.455. The molecule has 78 valence electrons. The highest BCUT2D eigenvalue weighted by atomic mass is 16.5. The third-order valence-corrected chi connectivity index (χ3v) is 2.58. The van der Waals surface area contributed by atoms with Crippen LogP contribution in [0.4, 0.5) is 0 Å². The normalized spacial score (nSPS) is 12.6. The van der Waals surface area contributed by atoms with Crippen LogP contribution in [0.15, 0.2) is 12.1 Å². The van der Waals surface area contributed by atoms with Gasteiger partial charge in [-0.05, 0) is 36.6 Å². The maximum Gasteiger partial charge on any atom is 0.122 e. The third kappa shape index (κ3) is 1.89. The van der Waals surface area contributed by atoms with E-state index in [2.05, 4.69) is 0 Å². The highest BCUT2D eigenvalue weighted by Crippen LogP contribution is 2.27. The topological polar surface area (TPSA) is 55.5 Å². The van der Waals surface area contributed by atoms with Gasteiger partial charge in [0.25, 0.3) is 0 Å². The second-order valence-corrected chi connectivity index (χ2v) is 3.36. The summed E-state index contributed by atoms with van der Waals surface area (Å²) in [5.41, 5.74) is 8.39. The zero-order valence-corrected chi connectivity index (χ0v) is 8.87. The first-order chi connectivity index (χ1) is 6.61. The van der Waals surface area contributed by atoms with Gasteiger partial charge in [0.05, 0.1) is 13.2 Å². The van der Waals surface area contributed by atoms with Crippen LogP contribution in [-0.4, -0.2) is 18.8 Å². The molecule has 0 aliphatic heterocycles. The molecule has 14 heavy (non-hydrogen) atoms. The summed E-state index contributed by atoms with van der Waals surface area (Å²) in [6, 6.07) is 3.72. The van der Waals surface area contributed by atoms with Crippen LogP contribution in [0.3, 0.4) is 0 Å². The zero-order valence-electron chi connectivity index (χ0n) is 8.87. The Labute approximate surface area is 84.5 Å². The summed E-state index contributed by atoms with van der Waals surface area (Å²) < 4.78 is 5.18. The van der Waals surface area contributed by atoms with Gasteiger partial charge in [-0.2, -0.15) is 0 Å². The summed E-state index contributed by atoms with van der Waals surface area (Å²) >= 11 is 0. The molecule has 0 spiro atoms. The summed E-state index contributed by atoms with van der Waals surface area (Å²) in [4.78, 5) is 0. The molecule has 0 aliphatic carbocycles. The van der Waals surface area contributed by atoms with Crippen LogP contribution in [0.2, 0.25) is 0 Å². The molecule has 3 nitrogen and oxygen atoms in total. The quantitative estimate of drug-likeness (QED) is 0.764. The van der Waals surface area contributed by atoms with Crippen LogP contribution < -0.4 is 10.5 Å². The van der Waals surface area contributed by atoms with Crippen molar-refractivity contribution < 1.29 is 9.84 Å². The highest BCUT2D eigenvalue weighted by molar-refractivity contribution is 5.44. The van der Waals surface area contributed by atoms with E-state index in [1.54, 1.807) is 7.11 Å². The second-order valence-electron chi connectivity index (χ2n) is 3.36. The van der Waals surface area contributed by atoms with Crippen molar-refractivity contribution in [2.24, 2.45) is 5.73 Å². The van der Waals surface area contributed by atoms with Crippen LogP contribution in [0.5, 0.6) is 5.75 Å². The van der Waals surface area contributed by atoms with Crippen molar-refractivity contribution >= 4 is 0 Å². The largest absolute Gasteiger partial charge is 0.496 e. The summed E-state index contributed by atoms with van der Waals surface area (Å²) in [7, 11) is 1.64. The molecule has 1 aromatic rings. The van der Waals surface area contributed by atoms with E-state index in [0.717, 1.165) is 22.4 Å². The fourth-order valence-electron chi connectivity index (χ4n) is 1.53. The van der Waals surface area contributed by atoms with Gasteiger partial charge < -0.3 is 15.6 Å². The van der Waals surface area contributed by atoms with Crippen LogP contribution >= 0.6 is 0 Å². The van der Waals surface area contributed by atoms with Crippen molar-refractivity contribution in [3.63, 3.8) is 0 Å². The Morgan fingerprint density at radius 3 is 2.50 bits per heavy atom. The molecule has 1 unspecified atom stereocenters. The Hall–Kier alpha value is -1.06. The van der Waals surface area contributed by atoms with Crippen molar-refractivity contribution in [1.82, 2.24) is 0 Å². The van der Waals surface area contributed by atoms with Crippen LogP contribution in [0.25, 0.3) is 0 Å². The lowest BCUT2D eigenvalue weighted by Gasteiger charge is -2.15. The van der Waals surface area contributed by atoms with E-state index in [1.807, 2.05) is 26.0 Å². The number of aliphatic hydroxyl groups is 1. The molecule has 0 aromatic heterocycles. The smallest absolute Gasteiger partial charge is 0.122 e. The Morgan fingerprint density at radius 2 is 2.00 bits per heavy atom. The first kappa shape index (κ1) is 11.0. The molecule has 0 saturated carbocycles. The maximum absolute atomic E-state index is 9.63. The molecule has 0 saturated heterocycles. The van der Waals surface area contributed by atoms with E-state index in [9.17, 15) is 5.11 Å². The van der Waals surface area contributed by atoms with Gasteiger partial charge in [0.15, 0.2) is 0 Å². The number of benzene rings is 1. The minimum absolute atomic E-state index is 0.243. The maximum atomic E-state index is 9.63. The van der Waals surface area contributed by atoms with E-state index in [4.69, 9.17) is 10.5 Å². The van der Waals surface area contributed by atoms with Crippen LogP contribution in [0, 0.1) is 13.8 Å². The predicted octanol–water partition coefficient (Wildman–Crippen LogP) is 1.30. The van der Waals surface area contributed by atoms with Gasteiger partial charge in [-0.25, -0.2) is 0 Å². The van der Waals surface area contributed by atoms with Crippen LogP contribution in [-0.2, 0) is 0 Å². The molecule has 0 bridgehead atoms. The van der Waals surface area contributed by atoms with Crippen molar-refractivity contribution in [3.8, 4) is 5.75 Å². The lowest BCUT2D eigenvalue weighted by Crippen LogP contribution is -2.13. The Kier molecular flexibility index (Phi) is 3.49. The number of nitrogens with two attached hydrogens (primary N) is 1. The number of hydrogen-bond donors (Lipinski definition) is 2. The molecule has 0 fully saturated rings. The van der Waals surface area contributed by atoms with Gasteiger partial charge >= 0.3 is 0 Å². The van der Waals surface area contributed by atoms with Crippen molar-refractivity contribution in [3.05, 3.63) is 28.8 Å². The molecule has 3 heteroatoms. The molecule has 0 amide bonds. The molecule has 0 radical (unpaired) electrons. The average Bonchev–Trinajstić information content (AvgIpc) is 2.21. The molecule has 3 N–H and O–H groups in total. The lowest BCUT2D eigenvalue weighted by atomic mass is 9.98. The van der Waals surface area contributed by atoms with E-state index in [0.29, 0.717) is 0 Å². The third-order valence-electron chi connectivity index (χ3n) is 2.58. The Morgan fingerprint density at radius 1 is 1.36 bits per heavy atom. The number of ether oxygens (including phenoxy) is 1. The fourth-order valence-corrected chi connectivity index (χ4v) is 1.53. The number of aliphatic hydroxyl groups excluding tert-OH is 1. The van der Waals surface area contributed by atoms with E-state index >= 15 is 0 Å². The van der Waals surface area contributed by atoms with Crippen molar-refractivity contribution in [2.75, 3.05) is 13.7 Å². The first-order valence-electron chi connectivity index (χ1n) is 4.64. The SMILES string of the molecule is COc1ccc(C(O)CN)c(C)c1C.